The largest absolute Gasteiger partial charge is 0.481 e. The van der Waals surface area contributed by atoms with Crippen LogP contribution in [0.3, 0.4) is 0 Å². The van der Waals surface area contributed by atoms with Crippen LogP contribution >= 0.6 is 0 Å². The Balaban J connectivity index is 5.03. The van der Waals surface area contributed by atoms with Crippen molar-refractivity contribution in [3.8, 4) is 0 Å². The minimum Gasteiger partial charge on any atom is -0.481 e. The van der Waals surface area contributed by atoms with E-state index in [1.165, 1.54) is 0 Å². The van der Waals surface area contributed by atoms with Gasteiger partial charge >= 0.3 is 29.8 Å². The molecule has 0 fully saturated rings. The summed E-state index contributed by atoms with van der Waals surface area (Å²) in [5, 5.41) is 42.7. The molecule has 0 aliphatic carbocycles. The monoisotopic (exact) mass is 649 g/mol. The summed E-state index contributed by atoms with van der Waals surface area (Å²) < 4.78 is 15.7. The van der Waals surface area contributed by atoms with Gasteiger partial charge in [0, 0.05) is 32.3 Å². The predicted molar refractivity (Wildman–Crippen MR) is 151 cm³/mol. The van der Waals surface area contributed by atoms with Crippen molar-refractivity contribution in [2.45, 2.75) is 95.9 Å². The van der Waals surface area contributed by atoms with Gasteiger partial charge in [-0.05, 0) is 46.5 Å². The summed E-state index contributed by atoms with van der Waals surface area (Å²) in [5.74, 6) is -8.75. The maximum atomic E-state index is 12.8. The zero-order valence-corrected chi connectivity index (χ0v) is 25.5. The van der Waals surface area contributed by atoms with Gasteiger partial charge in [-0.25, -0.2) is 9.59 Å². The van der Waals surface area contributed by atoms with Crippen LogP contribution in [-0.2, 0) is 52.6 Å². The predicted octanol–water partition coefficient (Wildman–Crippen LogP) is -0.725. The smallest absolute Gasteiger partial charge is 0.326 e. The highest BCUT2D eigenvalue weighted by Crippen LogP contribution is 2.09. The molecule has 256 valence electrons. The van der Waals surface area contributed by atoms with E-state index in [9.17, 15) is 48.6 Å². The molecule has 0 aliphatic rings. The Bertz CT molecular complexity index is 1040. The van der Waals surface area contributed by atoms with Crippen LogP contribution in [0.1, 0.15) is 72.1 Å². The number of esters is 1. The van der Waals surface area contributed by atoms with E-state index in [-0.39, 0.29) is 32.2 Å². The SMILES string of the molecule is CC(C)(C)OC(=O)CCCOCCOCC(=O)NC(CCC(=O)NC(CCC(=O)O)C(=O)O)C(=O)NC(CCC(=O)O)C(=O)O. The standard InChI is InChI=1S/C27H43N3O15/c1-27(2,3)45-23(37)5-4-12-43-13-14-44-15-20(32)28-16(24(38)30-18(26(41)42)8-11-22(35)36)6-9-19(31)29-17(25(39)40)7-10-21(33)34/h16-18H,4-15H2,1-3H3,(H,28,32)(H,29,31)(H,30,38)(H,33,34)(H,35,36)(H,39,40)(H,41,42). The second kappa shape index (κ2) is 21.4. The van der Waals surface area contributed by atoms with Gasteiger partial charge in [-0.1, -0.05) is 0 Å². The fourth-order valence-electron chi connectivity index (χ4n) is 3.47. The number of carbonyl (C=O) groups is 8. The highest BCUT2D eigenvalue weighted by atomic mass is 16.6. The summed E-state index contributed by atoms with van der Waals surface area (Å²) in [6.07, 6.45) is -2.41. The van der Waals surface area contributed by atoms with E-state index >= 15 is 0 Å². The maximum Gasteiger partial charge on any atom is 0.326 e. The van der Waals surface area contributed by atoms with E-state index in [4.69, 9.17) is 24.4 Å². The highest BCUT2D eigenvalue weighted by molar-refractivity contribution is 5.91. The van der Waals surface area contributed by atoms with Crippen molar-refractivity contribution in [2.75, 3.05) is 26.4 Å². The second-order valence-electron chi connectivity index (χ2n) is 10.7. The fourth-order valence-corrected chi connectivity index (χ4v) is 3.47. The lowest BCUT2D eigenvalue weighted by Gasteiger charge is -2.21. The molecule has 0 aromatic heterocycles. The van der Waals surface area contributed by atoms with Crippen LogP contribution in [0.2, 0.25) is 0 Å². The minimum atomic E-state index is -1.63. The van der Waals surface area contributed by atoms with Crippen molar-refractivity contribution < 1.29 is 73.0 Å². The summed E-state index contributed by atoms with van der Waals surface area (Å²) in [6, 6.07) is -4.67. The Morgan fingerprint density at radius 2 is 1.09 bits per heavy atom. The number of amides is 3. The molecule has 0 saturated carbocycles. The number of carbonyl (C=O) groups excluding carboxylic acids is 4. The van der Waals surface area contributed by atoms with Gasteiger partial charge in [0.1, 0.15) is 30.3 Å². The van der Waals surface area contributed by atoms with Gasteiger partial charge in [0.2, 0.25) is 17.7 Å². The average molecular weight is 650 g/mol. The van der Waals surface area contributed by atoms with E-state index < -0.39 is 110 Å². The summed E-state index contributed by atoms with van der Waals surface area (Å²) >= 11 is 0. The molecule has 18 nitrogen and oxygen atoms in total. The number of rotatable bonds is 24. The van der Waals surface area contributed by atoms with Gasteiger partial charge < -0.3 is 50.6 Å². The number of carboxylic acids is 4. The molecule has 0 spiro atoms. The van der Waals surface area contributed by atoms with Crippen molar-refractivity contribution in [1.29, 1.82) is 0 Å². The molecule has 0 heterocycles. The number of ether oxygens (including phenoxy) is 3. The van der Waals surface area contributed by atoms with Crippen LogP contribution in [0.5, 0.6) is 0 Å². The summed E-state index contributed by atoms with van der Waals surface area (Å²) in [5.41, 5.74) is -0.594. The molecule has 0 aromatic carbocycles. The van der Waals surface area contributed by atoms with E-state index in [1.54, 1.807) is 20.8 Å². The highest BCUT2D eigenvalue weighted by Gasteiger charge is 2.28. The Morgan fingerprint density at radius 1 is 0.600 bits per heavy atom. The van der Waals surface area contributed by atoms with Crippen LogP contribution in [0.25, 0.3) is 0 Å². The Morgan fingerprint density at radius 3 is 1.60 bits per heavy atom. The molecular formula is C27H43N3O15. The van der Waals surface area contributed by atoms with Crippen molar-refractivity contribution in [3.63, 3.8) is 0 Å². The lowest BCUT2D eigenvalue weighted by molar-refractivity contribution is -0.155. The van der Waals surface area contributed by atoms with Gasteiger partial charge in [-0.15, -0.1) is 0 Å². The molecule has 3 amide bonds. The molecule has 45 heavy (non-hydrogen) atoms. The fraction of sp³-hybridized carbons (Fsp3) is 0.704. The number of nitrogens with one attached hydrogen (secondary N) is 3. The van der Waals surface area contributed by atoms with Gasteiger partial charge in [0.25, 0.3) is 0 Å². The van der Waals surface area contributed by atoms with Crippen LogP contribution < -0.4 is 16.0 Å². The van der Waals surface area contributed by atoms with Crippen LogP contribution in [0, 0.1) is 0 Å². The van der Waals surface area contributed by atoms with Crippen LogP contribution in [0.15, 0.2) is 0 Å². The third-order valence-electron chi connectivity index (χ3n) is 5.55. The first-order valence-electron chi connectivity index (χ1n) is 14.1. The van der Waals surface area contributed by atoms with Gasteiger partial charge in [0.05, 0.1) is 13.2 Å². The molecule has 18 heteroatoms. The van der Waals surface area contributed by atoms with Gasteiger partial charge in [-0.2, -0.15) is 0 Å². The van der Waals surface area contributed by atoms with Crippen LogP contribution in [-0.4, -0.2) is 118 Å². The number of hydrogen-bond donors (Lipinski definition) is 7. The molecular weight excluding hydrogens is 606 g/mol. The summed E-state index contributed by atoms with van der Waals surface area (Å²) in [4.78, 5) is 93.7. The van der Waals surface area contributed by atoms with Crippen molar-refractivity contribution in [3.05, 3.63) is 0 Å². The van der Waals surface area contributed by atoms with Crippen LogP contribution in [0.4, 0.5) is 0 Å². The Kier molecular flexibility index (Phi) is 19.3. The molecule has 3 unspecified atom stereocenters. The summed E-state index contributed by atoms with van der Waals surface area (Å²) in [7, 11) is 0. The molecule has 0 bridgehead atoms. The number of aliphatic carboxylic acids is 4. The quantitative estimate of drug-likeness (QED) is 0.0501. The van der Waals surface area contributed by atoms with E-state index in [2.05, 4.69) is 16.0 Å². The normalized spacial score (nSPS) is 13.0. The zero-order valence-electron chi connectivity index (χ0n) is 25.5. The molecule has 0 aromatic rings. The third-order valence-corrected chi connectivity index (χ3v) is 5.55. The topological polar surface area (TPSA) is 281 Å². The van der Waals surface area contributed by atoms with E-state index in [0.29, 0.717) is 6.42 Å². The zero-order chi connectivity index (χ0) is 34.6. The van der Waals surface area contributed by atoms with Gasteiger partial charge in [0.15, 0.2) is 0 Å². The first kappa shape index (κ1) is 40.7. The van der Waals surface area contributed by atoms with E-state index in [0.717, 1.165) is 0 Å². The molecule has 3 atom stereocenters. The third kappa shape index (κ3) is 21.9. The molecule has 0 saturated heterocycles. The molecule has 7 N–H and O–H groups in total. The Hall–Kier alpha value is -4.32. The number of carboxylic acid groups (broad SMARTS) is 4. The Labute approximate surface area is 259 Å². The lowest BCUT2D eigenvalue weighted by atomic mass is 10.1. The van der Waals surface area contributed by atoms with Crippen molar-refractivity contribution in [2.24, 2.45) is 0 Å². The molecule has 0 rings (SSSR count). The van der Waals surface area contributed by atoms with Crippen molar-refractivity contribution >= 4 is 47.6 Å². The minimum absolute atomic E-state index is 0.0394. The lowest BCUT2D eigenvalue weighted by Crippen LogP contribution is -2.52. The average Bonchev–Trinajstić information content (AvgIpc) is 2.90. The first-order chi connectivity index (χ1) is 20.9. The number of hydrogen-bond acceptors (Lipinski definition) is 11. The maximum absolute atomic E-state index is 12.8. The van der Waals surface area contributed by atoms with E-state index in [1.807, 2.05) is 0 Å². The van der Waals surface area contributed by atoms with Crippen molar-refractivity contribution in [1.82, 2.24) is 16.0 Å². The second-order valence-corrected chi connectivity index (χ2v) is 10.7. The molecule has 0 aliphatic heterocycles. The first-order valence-corrected chi connectivity index (χ1v) is 14.1. The molecule has 0 radical (unpaired) electrons. The summed E-state index contributed by atoms with van der Waals surface area (Å²) in [6.45, 7) is 4.95. The van der Waals surface area contributed by atoms with Gasteiger partial charge in [-0.3, -0.25) is 28.8 Å².